The van der Waals surface area contributed by atoms with Crippen molar-refractivity contribution in [3.8, 4) is 5.88 Å². The molecule has 2 aromatic heterocycles. The normalized spacial score (nSPS) is 10.7. The number of aromatic nitrogens is 4. The molecule has 3 aromatic rings. The molecule has 0 saturated heterocycles. The van der Waals surface area contributed by atoms with Crippen molar-refractivity contribution in [1.82, 2.24) is 19.9 Å². The molecule has 0 saturated carbocycles. The first-order valence-corrected chi connectivity index (χ1v) is 6.84. The van der Waals surface area contributed by atoms with E-state index in [9.17, 15) is 0 Å². The molecule has 0 atom stereocenters. The molecule has 0 unspecified atom stereocenters. The number of aryl methyl sites for hydroxylation is 1. The van der Waals surface area contributed by atoms with Crippen molar-refractivity contribution in [3.05, 3.63) is 54.1 Å². The van der Waals surface area contributed by atoms with Gasteiger partial charge >= 0.3 is 0 Å². The summed E-state index contributed by atoms with van der Waals surface area (Å²) in [6, 6.07) is 8.03. The van der Waals surface area contributed by atoms with Gasteiger partial charge in [-0.3, -0.25) is 0 Å². The molecule has 3 rings (SSSR count). The van der Waals surface area contributed by atoms with Crippen LogP contribution in [0.5, 0.6) is 5.88 Å². The lowest BCUT2D eigenvalue weighted by atomic mass is 10.1. The van der Waals surface area contributed by atoms with Crippen LogP contribution >= 0.6 is 0 Å². The first-order chi connectivity index (χ1) is 10.3. The number of aromatic amines is 1. The summed E-state index contributed by atoms with van der Waals surface area (Å²) in [7, 11) is 0. The lowest BCUT2D eigenvalue weighted by molar-refractivity contribution is 0.296. The van der Waals surface area contributed by atoms with Crippen molar-refractivity contribution in [2.24, 2.45) is 0 Å². The molecule has 0 bridgehead atoms. The second-order valence-corrected chi connectivity index (χ2v) is 4.64. The molecule has 0 radical (unpaired) electrons. The van der Waals surface area contributed by atoms with Gasteiger partial charge in [0.1, 0.15) is 12.4 Å². The minimum Gasteiger partial charge on any atom is -0.471 e. The second kappa shape index (κ2) is 5.75. The summed E-state index contributed by atoms with van der Waals surface area (Å²) in [5.41, 5.74) is 3.49. The molecule has 0 aliphatic rings. The van der Waals surface area contributed by atoms with Crippen LogP contribution in [0.3, 0.4) is 0 Å². The molecule has 1 aromatic carbocycles. The Labute approximate surface area is 122 Å². The van der Waals surface area contributed by atoms with Gasteiger partial charge in [-0.05, 0) is 17.2 Å². The van der Waals surface area contributed by atoms with Crippen LogP contribution in [0.4, 0.5) is 0 Å². The van der Waals surface area contributed by atoms with E-state index in [-0.39, 0.29) is 0 Å². The Kier molecular flexibility index (Phi) is 3.64. The van der Waals surface area contributed by atoms with Crippen LogP contribution in [0, 0.1) is 0 Å². The lowest BCUT2D eigenvalue weighted by Crippen LogP contribution is -2.02. The SMILES string of the molecule is C=Cc1cccc(COc2nc(CC)nc3[nH]cnc23)c1. The molecule has 21 heavy (non-hydrogen) atoms. The predicted octanol–water partition coefficient (Wildman–Crippen LogP) is 3.14. The number of hydrogen-bond acceptors (Lipinski definition) is 4. The topological polar surface area (TPSA) is 63.7 Å². The van der Waals surface area contributed by atoms with Gasteiger partial charge in [0.05, 0.1) is 6.33 Å². The van der Waals surface area contributed by atoms with Crippen molar-refractivity contribution in [2.75, 3.05) is 0 Å². The first kappa shape index (κ1) is 13.3. The molecule has 0 aliphatic carbocycles. The minimum atomic E-state index is 0.434. The summed E-state index contributed by atoms with van der Waals surface area (Å²) in [6.07, 6.45) is 4.16. The fourth-order valence-electron chi connectivity index (χ4n) is 2.07. The summed E-state index contributed by atoms with van der Waals surface area (Å²) >= 11 is 0. The molecule has 1 N–H and O–H groups in total. The maximum atomic E-state index is 5.84. The molecular weight excluding hydrogens is 264 g/mol. The van der Waals surface area contributed by atoms with Crippen LogP contribution in [-0.4, -0.2) is 19.9 Å². The molecule has 0 amide bonds. The Morgan fingerprint density at radius 1 is 1.33 bits per heavy atom. The number of benzene rings is 1. The van der Waals surface area contributed by atoms with Gasteiger partial charge in [0.2, 0.25) is 5.88 Å². The van der Waals surface area contributed by atoms with E-state index in [4.69, 9.17) is 4.74 Å². The molecule has 5 nitrogen and oxygen atoms in total. The highest BCUT2D eigenvalue weighted by Crippen LogP contribution is 2.20. The van der Waals surface area contributed by atoms with Crippen LogP contribution < -0.4 is 4.74 Å². The zero-order chi connectivity index (χ0) is 14.7. The van der Waals surface area contributed by atoms with E-state index in [0.29, 0.717) is 23.7 Å². The van der Waals surface area contributed by atoms with Gasteiger partial charge in [-0.1, -0.05) is 37.8 Å². The summed E-state index contributed by atoms with van der Waals surface area (Å²) in [5, 5.41) is 0. The van der Waals surface area contributed by atoms with Gasteiger partial charge < -0.3 is 9.72 Å². The smallest absolute Gasteiger partial charge is 0.246 e. The van der Waals surface area contributed by atoms with Gasteiger partial charge in [-0.15, -0.1) is 0 Å². The Hall–Kier alpha value is -2.69. The Bertz CT molecular complexity index is 779. The van der Waals surface area contributed by atoms with E-state index in [1.165, 1.54) is 0 Å². The van der Waals surface area contributed by atoms with Gasteiger partial charge in [-0.2, -0.15) is 4.98 Å². The number of nitrogens with one attached hydrogen (secondary N) is 1. The summed E-state index contributed by atoms with van der Waals surface area (Å²) in [6.45, 7) is 6.21. The van der Waals surface area contributed by atoms with Crippen molar-refractivity contribution >= 4 is 17.2 Å². The van der Waals surface area contributed by atoms with Crippen molar-refractivity contribution in [2.45, 2.75) is 20.0 Å². The number of rotatable bonds is 5. The standard InChI is InChI=1S/C16H16N4O/c1-3-11-6-5-7-12(8-11)9-21-16-14-15(18-10-17-14)19-13(4-2)20-16/h3,5-8,10H,1,4,9H2,2H3,(H,17,18,19,20). The zero-order valence-corrected chi connectivity index (χ0v) is 11.8. The van der Waals surface area contributed by atoms with E-state index in [1.54, 1.807) is 6.33 Å². The third-order valence-electron chi connectivity index (χ3n) is 3.17. The third-order valence-corrected chi connectivity index (χ3v) is 3.17. The van der Waals surface area contributed by atoms with Crippen molar-refractivity contribution < 1.29 is 4.74 Å². The highest BCUT2D eigenvalue weighted by atomic mass is 16.5. The number of fused-ring (bicyclic) bond motifs is 1. The molecule has 5 heteroatoms. The average Bonchev–Trinajstić information content (AvgIpc) is 3.01. The highest BCUT2D eigenvalue weighted by Gasteiger charge is 2.10. The fourth-order valence-corrected chi connectivity index (χ4v) is 2.07. The highest BCUT2D eigenvalue weighted by molar-refractivity contribution is 5.75. The van der Waals surface area contributed by atoms with Crippen molar-refractivity contribution in [3.63, 3.8) is 0 Å². The molecule has 0 spiro atoms. The molecular formula is C16H16N4O. The van der Waals surface area contributed by atoms with Crippen LogP contribution in [0.25, 0.3) is 17.2 Å². The van der Waals surface area contributed by atoms with Crippen molar-refractivity contribution in [1.29, 1.82) is 0 Å². The predicted molar refractivity (Wildman–Crippen MR) is 81.9 cm³/mol. The minimum absolute atomic E-state index is 0.434. The number of imidazole rings is 1. The molecule has 2 heterocycles. The summed E-state index contributed by atoms with van der Waals surface area (Å²) in [4.78, 5) is 16.0. The second-order valence-electron chi connectivity index (χ2n) is 4.64. The van der Waals surface area contributed by atoms with Crippen LogP contribution in [0.1, 0.15) is 23.9 Å². The van der Waals surface area contributed by atoms with Gasteiger partial charge in [0, 0.05) is 6.42 Å². The molecule has 0 aliphatic heterocycles. The van der Waals surface area contributed by atoms with Crippen LogP contribution in [-0.2, 0) is 13.0 Å². The zero-order valence-electron chi connectivity index (χ0n) is 11.8. The molecule has 106 valence electrons. The Morgan fingerprint density at radius 2 is 2.24 bits per heavy atom. The number of H-pyrrole nitrogens is 1. The maximum Gasteiger partial charge on any atom is 0.246 e. The number of nitrogens with zero attached hydrogens (tertiary/aromatic N) is 3. The van der Waals surface area contributed by atoms with Gasteiger partial charge in [-0.25, -0.2) is 9.97 Å². The third kappa shape index (κ3) is 2.76. The van der Waals surface area contributed by atoms with E-state index in [1.807, 2.05) is 37.3 Å². The fraction of sp³-hybridized carbons (Fsp3) is 0.188. The Morgan fingerprint density at radius 3 is 3.05 bits per heavy atom. The first-order valence-electron chi connectivity index (χ1n) is 6.84. The maximum absolute atomic E-state index is 5.84. The van der Waals surface area contributed by atoms with E-state index >= 15 is 0 Å². The monoisotopic (exact) mass is 280 g/mol. The van der Waals surface area contributed by atoms with Crippen LogP contribution in [0.2, 0.25) is 0 Å². The number of ether oxygens (including phenoxy) is 1. The van der Waals surface area contributed by atoms with E-state index in [0.717, 1.165) is 23.4 Å². The Balaban J connectivity index is 1.87. The van der Waals surface area contributed by atoms with Gasteiger partial charge in [0.15, 0.2) is 11.2 Å². The largest absolute Gasteiger partial charge is 0.471 e. The average molecular weight is 280 g/mol. The quantitative estimate of drug-likeness (QED) is 0.780. The summed E-state index contributed by atoms with van der Waals surface area (Å²) in [5.74, 6) is 1.25. The van der Waals surface area contributed by atoms with Gasteiger partial charge in [0.25, 0.3) is 0 Å². The lowest BCUT2D eigenvalue weighted by Gasteiger charge is -2.07. The van der Waals surface area contributed by atoms with E-state index < -0.39 is 0 Å². The number of hydrogen-bond donors (Lipinski definition) is 1. The molecule has 0 fully saturated rings. The summed E-state index contributed by atoms with van der Waals surface area (Å²) < 4.78 is 5.84. The van der Waals surface area contributed by atoms with E-state index in [2.05, 4.69) is 26.5 Å². The van der Waals surface area contributed by atoms with Crippen LogP contribution in [0.15, 0.2) is 37.2 Å².